The summed E-state index contributed by atoms with van der Waals surface area (Å²) in [4.78, 5) is 0. The third-order valence-corrected chi connectivity index (χ3v) is 3.08. The molecule has 0 saturated carbocycles. The zero-order chi connectivity index (χ0) is 14.5. The molecule has 0 aliphatic heterocycles. The van der Waals surface area contributed by atoms with E-state index in [1.165, 1.54) is 5.56 Å². The Hall–Kier alpha value is -1.74. The van der Waals surface area contributed by atoms with Crippen LogP contribution in [0, 0.1) is 6.92 Å². The Bertz CT molecular complexity index is 528. The van der Waals surface area contributed by atoms with Crippen molar-refractivity contribution in [2.24, 2.45) is 0 Å². The van der Waals surface area contributed by atoms with Crippen molar-refractivity contribution in [2.45, 2.75) is 39.8 Å². The summed E-state index contributed by atoms with van der Waals surface area (Å²) < 4.78 is 11.1. The van der Waals surface area contributed by atoms with Crippen LogP contribution in [0.1, 0.15) is 43.7 Å². The predicted octanol–water partition coefficient (Wildman–Crippen LogP) is 4.07. The van der Waals surface area contributed by atoms with E-state index in [0.29, 0.717) is 0 Å². The molecule has 1 heterocycles. The molecule has 20 heavy (non-hydrogen) atoms. The lowest BCUT2D eigenvalue weighted by Gasteiger charge is -2.17. The molecule has 108 valence electrons. The van der Waals surface area contributed by atoms with E-state index in [4.69, 9.17) is 9.15 Å². The largest absolute Gasteiger partial charge is 0.491 e. The van der Waals surface area contributed by atoms with Crippen LogP contribution in [0.5, 0.6) is 5.75 Å². The maximum Gasteiger partial charge on any atom is 0.119 e. The third kappa shape index (κ3) is 3.64. The number of benzene rings is 1. The summed E-state index contributed by atoms with van der Waals surface area (Å²) in [6.45, 7) is 9.04. The van der Waals surface area contributed by atoms with Crippen LogP contribution < -0.4 is 10.1 Å². The van der Waals surface area contributed by atoms with Crippen molar-refractivity contribution < 1.29 is 9.15 Å². The highest BCUT2D eigenvalue weighted by atomic mass is 16.5. The molecule has 1 N–H and O–H groups in total. The van der Waals surface area contributed by atoms with Gasteiger partial charge in [-0.25, -0.2) is 0 Å². The molecular weight excluding hydrogens is 250 g/mol. The highest BCUT2D eigenvalue weighted by molar-refractivity contribution is 5.35. The average molecular weight is 273 g/mol. The summed E-state index contributed by atoms with van der Waals surface area (Å²) in [5.41, 5.74) is 2.37. The van der Waals surface area contributed by atoms with Gasteiger partial charge in [0.2, 0.25) is 0 Å². The Balaban J connectivity index is 2.21. The lowest BCUT2D eigenvalue weighted by molar-refractivity contribution is 0.242. The number of hydrogen-bond donors (Lipinski definition) is 1. The fourth-order valence-corrected chi connectivity index (χ4v) is 2.26. The first-order chi connectivity index (χ1) is 9.60. The summed E-state index contributed by atoms with van der Waals surface area (Å²) in [6, 6.07) is 10.5. The minimum atomic E-state index is 0.158. The van der Waals surface area contributed by atoms with Gasteiger partial charge in [0.1, 0.15) is 11.5 Å². The minimum absolute atomic E-state index is 0.158. The lowest BCUT2D eigenvalue weighted by Crippen LogP contribution is -2.21. The van der Waals surface area contributed by atoms with Gasteiger partial charge in [-0.05, 0) is 51.1 Å². The Morgan fingerprint density at radius 2 is 1.85 bits per heavy atom. The van der Waals surface area contributed by atoms with Gasteiger partial charge in [0.05, 0.1) is 18.4 Å². The van der Waals surface area contributed by atoms with Gasteiger partial charge in [0.25, 0.3) is 0 Å². The second-order valence-electron chi connectivity index (χ2n) is 5.22. The number of hydrogen-bond acceptors (Lipinski definition) is 3. The van der Waals surface area contributed by atoms with Gasteiger partial charge in [0.15, 0.2) is 0 Å². The maximum absolute atomic E-state index is 5.68. The molecule has 0 radical (unpaired) electrons. The maximum atomic E-state index is 5.68. The Labute approximate surface area is 121 Å². The molecule has 0 bridgehead atoms. The van der Waals surface area contributed by atoms with Crippen molar-refractivity contribution >= 4 is 0 Å². The summed E-state index contributed by atoms with van der Waals surface area (Å²) in [7, 11) is 0. The molecule has 1 atom stereocenters. The normalized spacial score (nSPS) is 12.7. The summed E-state index contributed by atoms with van der Waals surface area (Å²) in [5, 5.41) is 3.49. The SMILES string of the molecule is CCNC(c1ccc(OC(C)C)cc1)c1coc(C)c1. The van der Waals surface area contributed by atoms with Gasteiger partial charge in [-0.2, -0.15) is 0 Å². The summed E-state index contributed by atoms with van der Waals surface area (Å²) in [6.07, 6.45) is 2.02. The summed E-state index contributed by atoms with van der Waals surface area (Å²) in [5.74, 6) is 1.84. The highest BCUT2D eigenvalue weighted by Crippen LogP contribution is 2.25. The number of nitrogens with one attached hydrogen (secondary N) is 1. The van der Waals surface area contributed by atoms with Crippen molar-refractivity contribution in [1.29, 1.82) is 0 Å². The predicted molar refractivity (Wildman–Crippen MR) is 81.2 cm³/mol. The first-order valence-electron chi connectivity index (χ1n) is 7.15. The van der Waals surface area contributed by atoms with Crippen LogP contribution in [0.4, 0.5) is 0 Å². The molecule has 0 amide bonds. The molecule has 1 aromatic carbocycles. The summed E-state index contributed by atoms with van der Waals surface area (Å²) >= 11 is 0. The molecule has 2 rings (SSSR count). The Morgan fingerprint density at radius 3 is 2.35 bits per heavy atom. The van der Waals surface area contributed by atoms with Gasteiger partial charge < -0.3 is 14.5 Å². The van der Waals surface area contributed by atoms with E-state index in [0.717, 1.165) is 23.6 Å². The van der Waals surface area contributed by atoms with Crippen molar-refractivity contribution in [2.75, 3.05) is 6.54 Å². The molecule has 0 saturated heterocycles. The van der Waals surface area contributed by atoms with Crippen molar-refractivity contribution in [1.82, 2.24) is 5.32 Å². The highest BCUT2D eigenvalue weighted by Gasteiger charge is 2.15. The van der Waals surface area contributed by atoms with E-state index in [2.05, 4.69) is 30.4 Å². The van der Waals surface area contributed by atoms with Gasteiger partial charge in [-0.3, -0.25) is 0 Å². The van der Waals surface area contributed by atoms with E-state index in [-0.39, 0.29) is 12.1 Å². The first kappa shape index (κ1) is 14.7. The number of furan rings is 1. The Morgan fingerprint density at radius 1 is 1.15 bits per heavy atom. The number of aryl methyl sites for hydroxylation is 1. The molecule has 0 fully saturated rings. The first-order valence-corrected chi connectivity index (χ1v) is 7.15. The van der Waals surface area contributed by atoms with Crippen molar-refractivity contribution in [3.05, 3.63) is 53.5 Å². The zero-order valence-corrected chi connectivity index (χ0v) is 12.6. The van der Waals surface area contributed by atoms with Crippen LogP contribution in [0.25, 0.3) is 0 Å². The standard InChI is InChI=1S/C17H23NO2/c1-5-18-17(15-10-13(4)19-11-15)14-6-8-16(9-7-14)20-12(2)3/h6-12,17-18H,5H2,1-4H3. The molecule has 2 aromatic rings. The van der Waals surface area contributed by atoms with Crippen LogP contribution in [0.15, 0.2) is 41.0 Å². The van der Waals surface area contributed by atoms with E-state index in [9.17, 15) is 0 Å². The van der Waals surface area contributed by atoms with Gasteiger partial charge in [-0.15, -0.1) is 0 Å². The molecule has 3 heteroatoms. The van der Waals surface area contributed by atoms with E-state index >= 15 is 0 Å². The number of ether oxygens (including phenoxy) is 1. The van der Waals surface area contributed by atoms with E-state index in [1.807, 2.05) is 39.2 Å². The van der Waals surface area contributed by atoms with Crippen LogP contribution in [0.3, 0.4) is 0 Å². The second kappa shape index (κ2) is 6.62. The van der Waals surface area contributed by atoms with Gasteiger partial charge in [-0.1, -0.05) is 19.1 Å². The molecular formula is C17H23NO2. The molecule has 3 nitrogen and oxygen atoms in total. The fourth-order valence-electron chi connectivity index (χ4n) is 2.26. The van der Waals surface area contributed by atoms with E-state index in [1.54, 1.807) is 0 Å². The quantitative estimate of drug-likeness (QED) is 0.861. The topological polar surface area (TPSA) is 34.4 Å². The fraction of sp³-hybridized carbons (Fsp3) is 0.412. The van der Waals surface area contributed by atoms with Crippen LogP contribution in [-0.4, -0.2) is 12.6 Å². The van der Waals surface area contributed by atoms with Gasteiger partial charge in [0, 0.05) is 5.56 Å². The Kier molecular flexibility index (Phi) is 4.85. The monoisotopic (exact) mass is 273 g/mol. The molecule has 0 spiro atoms. The van der Waals surface area contributed by atoms with Gasteiger partial charge >= 0.3 is 0 Å². The molecule has 1 aromatic heterocycles. The zero-order valence-electron chi connectivity index (χ0n) is 12.6. The lowest BCUT2D eigenvalue weighted by atomic mass is 10.0. The van der Waals surface area contributed by atoms with Crippen LogP contribution >= 0.6 is 0 Å². The van der Waals surface area contributed by atoms with Crippen LogP contribution in [0.2, 0.25) is 0 Å². The van der Waals surface area contributed by atoms with E-state index < -0.39 is 0 Å². The average Bonchev–Trinajstić information content (AvgIpc) is 2.83. The molecule has 0 aliphatic rings. The van der Waals surface area contributed by atoms with Crippen molar-refractivity contribution in [3.63, 3.8) is 0 Å². The number of rotatable bonds is 6. The van der Waals surface area contributed by atoms with Crippen LogP contribution in [-0.2, 0) is 0 Å². The minimum Gasteiger partial charge on any atom is -0.491 e. The molecule has 1 unspecified atom stereocenters. The second-order valence-corrected chi connectivity index (χ2v) is 5.22. The third-order valence-electron chi connectivity index (χ3n) is 3.08. The van der Waals surface area contributed by atoms with Crippen molar-refractivity contribution in [3.8, 4) is 5.75 Å². The molecule has 0 aliphatic carbocycles. The smallest absolute Gasteiger partial charge is 0.119 e.